The van der Waals surface area contributed by atoms with Crippen LogP contribution in [0.15, 0.2) is 0 Å². The molecule has 1 aliphatic heterocycles. The zero-order valence-electron chi connectivity index (χ0n) is 12.7. The van der Waals surface area contributed by atoms with Crippen LogP contribution in [-0.2, 0) is 14.9 Å². The second kappa shape index (κ2) is 6.08. The predicted molar refractivity (Wildman–Crippen MR) is 80.2 cm³/mol. The van der Waals surface area contributed by atoms with Crippen molar-refractivity contribution in [1.82, 2.24) is 9.36 Å². The number of esters is 1. The Morgan fingerprint density at radius 2 is 2.05 bits per heavy atom. The minimum atomic E-state index is -0.0557. The Balaban J connectivity index is 1.94. The van der Waals surface area contributed by atoms with Crippen LogP contribution in [0.2, 0.25) is 0 Å². The molecule has 1 aromatic heterocycles. The summed E-state index contributed by atoms with van der Waals surface area (Å²) in [4.78, 5) is 18.6. The second-order valence-corrected chi connectivity index (χ2v) is 6.89. The van der Waals surface area contributed by atoms with E-state index in [0.29, 0.717) is 6.61 Å². The Hall–Kier alpha value is -1.17. The number of ether oxygens (including phenoxy) is 1. The summed E-state index contributed by atoms with van der Waals surface area (Å²) in [6.45, 7) is 10.4. The zero-order chi connectivity index (χ0) is 14.8. The number of hydrogen-bond acceptors (Lipinski definition) is 6. The van der Waals surface area contributed by atoms with E-state index in [9.17, 15) is 4.79 Å². The smallest absolute Gasteiger partial charge is 0.309 e. The maximum absolute atomic E-state index is 11.7. The number of aromatic nitrogens is 2. The first-order valence-corrected chi connectivity index (χ1v) is 7.95. The van der Waals surface area contributed by atoms with Crippen LogP contribution in [0, 0.1) is 5.92 Å². The largest absolute Gasteiger partial charge is 0.466 e. The predicted octanol–water partition coefficient (Wildman–Crippen LogP) is 2.62. The summed E-state index contributed by atoms with van der Waals surface area (Å²) in [7, 11) is 0. The SMILES string of the molecule is CCOC(=O)C1CCN(c2nc(C(C)(C)C)ns2)CC1. The van der Waals surface area contributed by atoms with Crippen LogP contribution in [0.1, 0.15) is 46.4 Å². The van der Waals surface area contributed by atoms with Crippen molar-refractivity contribution in [3.05, 3.63) is 5.82 Å². The van der Waals surface area contributed by atoms with Gasteiger partial charge in [0.2, 0.25) is 5.13 Å². The molecule has 0 N–H and O–H groups in total. The standard InChI is InChI=1S/C14H23N3O2S/c1-5-19-11(18)10-6-8-17(9-7-10)13-15-12(16-20-13)14(2,3)4/h10H,5-9H2,1-4H3. The topological polar surface area (TPSA) is 55.3 Å². The molecule has 1 aliphatic rings. The number of hydrogen-bond donors (Lipinski definition) is 0. The highest BCUT2D eigenvalue weighted by Gasteiger charge is 2.28. The molecule has 0 radical (unpaired) electrons. The molecule has 0 atom stereocenters. The number of rotatable bonds is 3. The molecule has 112 valence electrons. The summed E-state index contributed by atoms with van der Waals surface area (Å²) < 4.78 is 9.53. The summed E-state index contributed by atoms with van der Waals surface area (Å²) in [5.74, 6) is 0.881. The quantitative estimate of drug-likeness (QED) is 0.803. The van der Waals surface area contributed by atoms with Crippen LogP contribution < -0.4 is 4.90 Å². The van der Waals surface area contributed by atoms with E-state index in [-0.39, 0.29) is 17.3 Å². The Kier molecular flexibility index (Phi) is 4.62. The van der Waals surface area contributed by atoms with Gasteiger partial charge in [-0.1, -0.05) is 20.8 Å². The summed E-state index contributed by atoms with van der Waals surface area (Å²) in [5, 5.41) is 0.970. The molecular weight excluding hydrogens is 274 g/mol. The minimum Gasteiger partial charge on any atom is -0.466 e. The first kappa shape index (κ1) is 15.2. The maximum atomic E-state index is 11.7. The number of anilines is 1. The fraction of sp³-hybridized carbons (Fsp3) is 0.786. The second-order valence-electron chi connectivity index (χ2n) is 6.16. The third kappa shape index (κ3) is 3.48. The highest BCUT2D eigenvalue weighted by Crippen LogP contribution is 2.28. The molecular formula is C14H23N3O2S. The van der Waals surface area contributed by atoms with Crippen LogP contribution >= 0.6 is 11.5 Å². The van der Waals surface area contributed by atoms with Crippen molar-refractivity contribution < 1.29 is 9.53 Å². The molecule has 1 saturated heterocycles. The van der Waals surface area contributed by atoms with Gasteiger partial charge in [-0.3, -0.25) is 4.79 Å². The molecule has 1 fully saturated rings. The Bertz CT molecular complexity index is 459. The van der Waals surface area contributed by atoms with Gasteiger partial charge in [0.1, 0.15) is 5.82 Å². The van der Waals surface area contributed by atoms with E-state index in [0.717, 1.165) is 36.9 Å². The monoisotopic (exact) mass is 297 g/mol. The molecule has 2 heterocycles. The van der Waals surface area contributed by atoms with Crippen molar-refractivity contribution in [3.63, 3.8) is 0 Å². The molecule has 20 heavy (non-hydrogen) atoms. The van der Waals surface area contributed by atoms with Gasteiger partial charge in [-0.2, -0.15) is 4.37 Å². The number of piperidine rings is 1. The lowest BCUT2D eigenvalue weighted by molar-refractivity contribution is -0.148. The molecule has 1 aromatic rings. The molecule has 0 unspecified atom stereocenters. The van der Waals surface area contributed by atoms with E-state index >= 15 is 0 Å². The van der Waals surface area contributed by atoms with Gasteiger partial charge in [0.05, 0.1) is 12.5 Å². The molecule has 0 amide bonds. The Morgan fingerprint density at radius 3 is 2.55 bits per heavy atom. The number of carbonyl (C=O) groups excluding carboxylic acids is 1. The lowest BCUT2D eigenvalue weighted by Crippen LogP contribution is -2.37. The fourth-order valence-electron chi connectivity index (χ4n) is 2.22. The molecule has 6 heteroatoms. The summed E-state index contributed by atoms with van der Waals surface area (Å²) >= 11 is 1.45. The average Bonchev–Trinajstić information content (AvgIpc) is 2.89. The maximum Gasteiger partial charge on any atom is 0.309 e. The molecule has 0 aliphatic carbocycles. The summed E-state index contributed by atoms with van der Waals surface area (Å²) in [6, 6.07) is 0. The van der Waals surface area contributed by atoms with Gasteiger partial charge in [-0.15, -0.1) is 0 Å². The Labute approximate surface area is 124 Å². The number of carbonyl (C=O) groups is 1. The normalized spacial score (nSPS) is 17.3. The Morgan fingerprint density at radius 1 is 1.40 bits per heavy atom. The fourth-order valence-corrected chi connectivity index (χ4v) is 3.12. The van der Waals surface area contributed by atoms with Crippen LogP contribution in [0.4, 0.5) is 5.13 Å². The summed E-state index contributed by atoms with van der Waals surface area (Å²) in [5.41, 5.74) is -0.0159. The van der Waals surface area contributed by atoms with Gasteiger partial charge in [0.25, 0.3) is 0 Å². The van der Waals surface area contributed by atoms with Crippen LogP contribution in [-0.4, -0.2) is 35.0 Å². The van der Waals surface area contributed by atoms with E-state index in [2.05, 4.69) is 35.0 Å². The molecule has 5 nitrogen and oxygen atoms in total. The number of nitrogens with zero attached hydrogens (tertiary/aromatic N) is 3. The van der Waals surface area contributed by atoms with E-state index in [4.69, 9.17) is 4.74 Å². The van der Waals surface area contributed by atoms with Crippen molar-refractivity contribution in [2.45, 2.75) is 46.0 Å². The van der Waals surface area contributed by atoms with Crippen LogP contribution in [0.3, 0.4) is 0 Å². The third-order valence-electron chi connectivity index (χ3n) is 3.47. The van der Waals surface area contributed by atoms with E-state index < -0.39 is 0 Å². The van der Waals surface area contributed by atoms with E-state index in [1.807, 2.05) is 6.92 Å². The average molecular weight is 297 g/mol. The van der Waals surface area contributed by atoms with Crippen molar-refractivity contribution in [2.75, 3.05) is 24.6 Å². The highest BCUT2D eigenvalue weighted by molar-refractivity contribution is 7.09. The van der Waals surface area contributed by atoms with Gasteiger partial charge in [-0.25, -0.2) is 4.98 Å². The minimum absolute atomic E-state index is 0.0159. The molecule has 2 rings (SSSR count). The molecule has 0 spiro atoms. The molecule has 0 bridgehead atoms. The van der Waals surface area contributed by atoms with Crippen LogP contribution in [0.25, 0.3) is 0 Å². The van der Waals surface area contributed by atoms with Gasteiger partial charge in [-0.05, 0) is 19.8 Å². The third-order valence-corrected chi connectivity index (χ3v) is 4.25. The molecule has 0 aromatic carbocycles. The summed E-state index contributed by atoms with van der Waals surface area (Å²) in [6.07, 6.45) is 1.67. The van der Waals surface area contributed by atoms with Crippen molar-refractivity contribution in [3.8, 4) is 0 Å². The van der Waals surface area contributed by atoms with Crippen molar-refractivity contribution in [1.29, 1.82) is 0 Å². The highest BCUT2D eigenvalue weighted by atomic mass is 32.1. The van der Waals surface area contributed by atoms with Crippen molar-refractivity contribution in [2.24, 2.45) is 5.92 Å². The van der Waals surface area contributed by atoms with Gasteiger partial charge in [0.15, 0.2) is 0 Å². The first-order chi connectivity index (χ1) is 9.41. The first-order valence-electron chi connectivity index (χ1n) is 7.17. The van der Waals surface area contributed by atoms with Crippen molar-refractivity contribution >= 4 is 22.6 Å². The van der Waals surface area contributed by atoms with Crippen LogP contribution in [0.5, 0.6) is 0 Å². The van der Waals surface area contributed by atoms with Gasteiger partial charge in [0, 0.05) is 30.0 Å². The van der Waals surface area contributed by atoms with E-state index in [1.165, 1.54) is 11.5 Å². The lowest BCUT2D eigenvalue weighted by Gasteiger charge is -2.30. The zero-order valence-corrected chi connectivity index (χ0v) is 13.5. The van der Waals surface area contributed by atoms with Gasteiger partial charge < -0.3 is 9.64 Å². The van der Waals surface area contributed by atoms with Gasteiger partial charge >= 0.3 is 5.97 Å². The lowest BCUT2D eigenvalue weighted by atomic mass is 9.96. The molecule has 0 saturated carbocycles. The van der Waals surface area contributed by atoms with E-state index in [1.54, 1.807) is 0 Å².